The predicted octanol–water partition coefficient (Wildman–Crippen LogP) is 1.94. The number of carbonyl (C=O) groups is 1. The summed E-state index contributed by atoms with van der Waals surface area (Å²) in [5.74, 6) is -1.06. The van der Waals surface area contributed by atoms with Crippen LogP contribution in [0.25, 0.3) is 6.08 Å². The summed E-state index contributed by atoms with van der Waals surface area (Å²) in [4.78, 5) is 24.9. The summed E-state index contributed by atoms with van der Waals surface area (Å²) in [6.07, 6.45) is 5.46. The van der Waals surface area contributed by atoms with Crippen LogP contribution in [0.2, 0.25) is 0 Å². The predicted molar refractivity (Wildman–Crippen MR) is 71.1 cm³/mol. The molecule has 1 N–H and O–H groups in total. The molecule has 0 spiro atoms. The first kappa shape index (κ1) is 13.5. The standard InChI is InChI=1S/C13H11N3O4/c17-13(18)6-5-11-8-15(9-14-11)7-10-3-1-2-4-12(10)16(19)20/h1-6,8-9H,7H2,(H,17,18)/b6-5+. The highest BCUT2D eigenvalue weighted by atomic mass is 16.6. The van der Waals surface area contributed by atoms with Gasteiger partial charge in [-0.1, -0.05) is 18.2 Å². The zero-order chi connectivity index (χ0) is 14.5. The van der Waals surface area contributed by atoms with E-state index in [4.69, 9.17) is 5.11 Å². The van der Waals surface area contributed by atoms with Gasteiger partial charge in [-0.15, -0.1) is 0 Å². The van der Waals surface area contributed by atoms with E-state index < -0.39 is 10.9 Å². The summed E-state index contributed by atoms with van der Waals surface area (Å²) in [6.45, 7) is 0.297. The second-order valence-electron chi connectivity index (χ2n) is 4.03. The lowest BCUT2D eigenvalue weighted by Crippen LogP contribution is -2.00. The molecule has 0 aliphatic heterocycles. The van der Waals surface area contributed by atoms with Crippen LogP contribution in [0.5, 0.6) is 0 Å². The van der Waals surface area contributed by atoms with E-state index in [1.54, 1.807) is 29.0 Å². The molecule has 0 fully saturated rings. The first-order chi connectivity index (χ1) is 9.56. The fourth-order valence-electron chi connectivity index (χ4n) is 1.73. The van der Waals surface area contributed by atoms with Gasteiger partial charge in [-0.25, -0.2) is 9.78 Å². The SMILES string of the molecule is O=C(O)/C=C/c1cn(Cc2ccccc2[N+](=O)[O-])cn1. The number of para-hydroxylation sites is 1. The second kappa shape index (κ2) is 5.79. The van der Waals surface area contributed by atoms with E-state index in [1.807, 2.05) is 0 Å². The summed E-state index contributed by atoms with van der Waals surface area (Å²) in [5, 5.41) is 19.4. The molecule has 2 rings (SSSR count). The molecule has 1 heterocycles. The molecule has 0 atom stereocenters. The maximum Gasteiger partial charge on any atom is 0.328 e. The number of carboxylic acid groups (broad SMARTS) is 1. The number of aromatic nitrogens is 2. The first-order valence-electron chi connectivity index (χ1n) is 5.71. The van der Waals surface area contributed by atoms with Gasteiger partial charge < -0.3 is 9.67 Å². The highest BCUT2D eigenvalue weighted by molar-refractivity contribution is 5.84. The Balaban J connectivity index is 2.19. The van der Waals surface area contributed by atoms with Crippen molar-refractivity contribution in [3.8, 4) is 0 Å². The lowest BCUT2D eigenvalue weighted by Gasteiger charge is -2.03. The van der Waals surface area contributed by atoms with Gasteiger partial charge >= 0.3 is 5.97 Å². The van der Waals surface area contributed by atoms with Crippen LogP contribution in [0.4, 0.5) is 5.69 Å². The van der Waals surface area contributed by atoms with Gasteiger partial charge in [-0.3, -0.25) is 10.1 Å². The lowest BCUT2D eigenvalue weighted by atomic mass is 10.2. The van der Waals surface area contributed by atoms with Gasteiger partial charge in [-0.2, -0.15) is 0 Å². The molecule has 102 valence electrons. The normalized spacial score (nSPS) is 10.8. The van der Waals surface area contributed by atoms with E-state index in [0.717, 1.165) is 6.08 Å². The smallest absolute Gasteiger partial charge is 0.328 e. The topological polar surface area (TPSA) is 98.3 Å². The van der Waals surface area contributed by atoms with Crippen LogP contribution in [0.15, 0.2) is 42.9 Å². The molecule has 1 aromatic heterocycles. The number of hydrogen-bond acceptors (Lipinski definition) is 4. The average Bonchev–Trinajstić information content (AvgIpc) is 2.84. The molecule has 7 nitrogen and oxygen atoms in total. The number of nitro groups is 1. The Kier molecular flexibility index (Phi) is 3.90. The third-order valence-electron chi connectivity index (χ3n) is 2.59. The average molecular weight is 273 g/mol. The van der Waals surface area contributed by atoms with E-state index in [-0.39, 0.29) is 5.69 Å². The Morgan fingerprint density at radius 1 is 1.45 bits per heavy atom. The van der Waals surface area contributed by atoms with E-state index >= 15 is 0 Å². The first-order valence-corrected chi connectivity index (χ1v) is 5.71. The molecule has 1 aromatic carbocycles. The fraction of sp³-hybridized carbons (Fsp3) is 0.0769. The minimum absolute atomic E-state index is 0.0452. The van der Waals surface area contributed by atoms with E-state index in [2.05, 4.69) is 4.98 Å². The Labute approximate surface area is 114 Å². The highest BCUT2D eigenvalue weighted by Gasteiger charge is 2.12. The Morgan fingerprint density at radius 2 is 2.20 bits per heavy atom. The van der Waals surface area contributed by atoms with Crippen molar-refractivity contribution in [3.63, 3.8) is 0 Å². The van der Waals surface area contributed by atoms with Crippen LogP contribution in [0.1, 0.15) is 11.3 Å². The van der Waals surface area contributed by atoms with Crippen LogP contribution >= 0.6 is 0 Å². The molecule has 0 radical (unpaired) electrons. The van der Waals surface area contributed by atoms with Crippen molar-refractivity contribution in [1.29, 1.82) is 0 Å². The Bertz CT molecular complexity index is 676. The van der Waals surface area contributed by atoms with Gasteiger partial charge in [0.2, 0.25) is 0 Å². The van der Waals surface area contributed by atoms with Crippen LogP contribution in [-0.2, 0) is 11.3 Å². The number of rotatable bonds is 5. The van der Waals surface area contributed by atoms with Crippen molar-refractivity contribution in [3.05, 3.63) is 64.2 Å². The summed E-state index contributed by atoms with van der Waals surface area (Å²) in [5.41, 5.74) is 1.08. The molecule has 0 unspecified atom stereocenters. The minimum atomic E-state index is -1.06. The summed E-state index contributed by atoms with van der Waals surface area (Å²) in [7, 11) is 0. The number of benzene rings is 1. The van der Waals surface area contributed by atoms with Gasteiger partial charge in [0.25, 0.3) is 5.69 Å². The number of hydrogen-bond donors (Lipinski definition) is 1. The van der Waals surface area contributed by atoms with Crippen LogP contribution in [0, 0.1) is 10.1 Å². The monoisotopic (exact) mass is 273 g/mol. The Morgan fingerprint density at radius 3 is 2.90 bits per heavy atom. The van der Waals surface area contributed by atoms with E-state index in [0.29, 0.717) is 17.8 Å². The summed E-state index contributed by atoms with van der Waals surface area (Å²) in [6, 6.07) is 6.45. The highest BCUT2D eigenvalue weighted by Crippen LogP contribution is 2.18. The fourth-order valence-corrected chi connectivity index (χ4v) is 1.73. The Hall–Kier alpha value is -2.96. The summed E-state index contributed by atoms with van der Waals surface area (Å²) < 4.78 is 1.66. The maximum absolute atomic E-state index is 10.9. The second-order valence-corrected chi connectivity index (χ2v) is 4.03. The van der Waals surface area contributed by atoms with Crippen molar-refractivity contribution in [2.45, 2.75) is 6.54 Å². The number of aliphatic carboxylic acids is 1. The van der Waals surface area contributed by atoms with Crippen molar-refractivity contribution in [1.82, 2.24) is 9.55 Å². The van der Waals surface area contributed by atoms with E-state index in [9.17, 15) is 14.9 Å². The van der Waals surface area contributed by atoms with Crippen molar-refractivity contribution < 1.29 is 14.8 Å². The lowest BCUT2D eigenvalue weighted by molar-refractivity contribution is -0.385. The molecule has 0 aliphatic rings. The summed E-state index contributed by atoms with van der Waals surface area (Å²) >= 11 is 0. The zero-order valence-corrected chi connectivity index (χ0v) is 10.3. The maximum atomic E-state index is 10.9. The van der Waals surface area contributed by atoms with Crippen molar-refractivity contribution in [2.75, 3.05) is 0 Å². The quantitative estimate of drug-likeness (QED) is 0.510. The van der Waals surface area contributed by atoms with Gasteiger partial charge in [0, 0.05) is 23.9 Å². The van der Waals surface area contributed by atoms with Gasteiger partial charge in [0.15, 0.2) is 0 Å². The number of nitro benzene ring substituents is 1. The molecule has 0 saturated heterocycles. The molecule has 0 saturated carbocycles. The van der Waals surface area contributed by atoms with Gasteiger partial charge in [0.1, 0.15) is 0 Å². The molecule has 2 aromatic rings. The number of carboxylic acids is 1. The van der Waals surface area contributed by atoms with Gasteiger partial charge in [-0.05, 0) is 6.08 Å². The molecule has 7 heteroatoms. The molecular formula is C13H11N3O4. The zero-order valence-electron chi connectivity index (χ0n) is 10.3. The third-order valence-corrected chi connectivity index (χ3v) is 2.59. The third kappa shape index (κ3) is 3.29. The minimum Gasteiger partial charge on any atom is -0.478 e. The molecule has 0 bridgehead atoms. The van der Waals surface area contributed by atoms with Gasteiger partial charge in [0.05, 0.1) is 23.5 Å². The van der Waals surface area contributed by atoms with Crippen molar-refractivity contribution >= 4 is 17.7 Å². The molecule has 0 amide bonds. The number of nitrogens with zero attached hydrogens (tertiary/aromatic N) is 3. The molecular weight excluding hydrogens is 262 g/mol. The van der Waals surface area contributed by atoms with Crippen LogP contribution in [0.3, 0.4) is 0 Å². The van der Waals surface area contributed by atoms with E-state index in [1.165, 1.54) is 18.5 Å². The van der Waals surface area contributed by atoms with Crippen LogP contribution < -0.4 is 0 Å². The number of imidazole rings is 1. The van der Waals surface area contributed by atoms with Crippen LogP contribution in [-0.4, -0.2) is 25.6 Å². The molecule has 0 aliphatic carbocycles. The largest absolute Gasteiger partial charge is 0.478 e. The van der Waals surface area contributed by atoms with Crippen molar-refractivity contribution in [2.24, 2.45) is 0 Å². The molecule has 20 heavy (non-hydrogen) atoms.